The van der Waals surface area contributed by atoms with Gasteiger partial charge in [0.1, 0.15) is 0 Å². The zero-order chi connectivity index (χ0) is 17.2. The summed E-state index contributed by atoms with van der Waals surface area (Å²) in [5.74, 6) is -0.0174. The highest BCUT2D eigenvalue weighted by Gasteiger charge is 2.22. The van der Waals surface area contributed by atoms with Gasteiger partial charge in [0.15, 0.2) is 0 Å². The Balaban J connectivity index is 1.75. The molecule has 0 spiro atoms. The Labute approximate surface area is 141 Å². The minimum atomic E-state index is -3.55. The molecule has 1 aliphatic heterocycles. The van der Waals surface area contributed by atoms with Gasteiger partial charge in [0, 0.05) is 38.1 Å². The van der Waals surface area contributed by atoms with Crippen molar-refractivity contribution in [3.63, 3.8) is 0 Å². The minimum Gasteiger partial charge on any atom is -0.367 e. The van der Waals surface area contributed by atoms with Gasteiger partial charge in [-0.25, -0.2) is 13.1 Å². The van der Waals surface area contributed by atoms with E-state index in [-0.39, 0.29) is 10.8 Å². The predicted octanol–water partition coefficient (Wildman–Crippen LogP) is 1.83. The third-order valence-corrected chi connectivity index (χ3v) is 5.69. The van der Waals surface area contributed by atoms with Gasteiger partial charge < -0.3 is 9.88 Å². The third kappa shape index (κ3) is 3.52. The molecular formula is C17H21N3O3S. The van der Waals surface area contributed by atoms with Crippen molar-refractivity contribution in [2.75, 3.05) is 18.0 Å². The first-order valence-electron chi connectivity index (χ1n) is 8.00. The van der Waals surface area contributed by atoms with Crippen LogP contribution in [0.3, 0.4) is 0 Å². The Morgan fingerprint density at radius 3 is 2.88 bits per heavy atom. The number of aromatic amines is 1. The van der Waals surface area contributed by atoms with Crippen LogP contribution in [0.4, 0.5) is 5.69 Å². The van der Waals surface area contributed by atoms with Gasteiger partial charge in [-0.05, 0) is 54.7 Å². The number of aromatic nitrogens is 1. The number of carbonyl (C=O) groups is 1. The van der Waals surface area contributed by atoms with Crippen LogP contribution in [-0.4, -0.2) is 32.4 Å². The topological polar surface area (TPSA) is 82.3 Å². The van der Waals surface area contributed by atoms with Crippen molar-refractivity contribution in [1.82, 2.24) is 9.71 Å². The van der Waals surface area contributed by atoms with E-state index in [1.54, 1.807) is 23.1 Å². The second kappa shape index (κ2) is 6.78. The normalized spacial score (nSPS) is 14.5. The molecule has 128 valence electrons. The first-order valence-corrected chi connectivity index (χ1v) is 9.48. The summed E-state index contributed by atoms with van der Waals surface area (Å²) in [5.41, 5.74) is 2.78. The van der Waals surface area contributed by atoms with Crippen molar-refractivity contribution in [2.24, 2.45) is 0 Å². The van der Waals surface area contributed by atoms with Crippen molar-refractivity contribution >= 4 is 21.6 Å². The highest BCUT2D eigenvalue weighted by Crippen LogP contribution is 2.29. The lowest BCUT2D eigenvalue weighted by atomic mass is 10.0. The lowest BCUT2D eigenvalue weighted by Crippen LogP contribution is -2.33. The first kappa shape index (κ1) is 16.7. The fourth-order valence-corrected chi connectivity index (χ4v) is 4.08. The van der Waals surface area contributed by atoms with Gasteiger partial charge in [0.05, 0.1) is 4.90 Å². The molecule has 1 amide bonds. The number of rotatable bonds is 5. The lowest BCUT2D eigenvalue weighted by Gasteiger charge is -2.28. The summed E-state index contributed by atoms with van der Waals surface area (Å²) in [5, 5.41) is 0. The molecule has 0 radical (unpaired) electrons. The highest BCUT2D eigenvalue weighted by atomic mass is 32.2. The molecule has 1 aliphatic rings. The molecule has 0 atom stereocenters. The van der Waals surface area contributed by atoms with Gasteiger partial charge in [-0.1, -0.05) is 0 Å². The molecule has 3 rings (SSSR count). The van der Waals surface area contributed by atoms with Crippen LogP contribution >= 0.6 is 0 Å². The summed E-state index contributed by atoms with van der Waals surface area (Å²) < 4.78 is 27.6. The summed E-state index contributed by atoms with van der Waals surface area (Å²) in [6.45, 7) is 2.56. The Morgan fingerprint density at radius 2 is 2.17 bits per heavy atom. The van der Waals surface area contributed by atoms with E-state index in [0.29, 0.717) is 19.5 Å². The van der Waals surface area contributed by atoms with Crippen molar-refractivity contribution in [1.29, 1.82) is 0 Å². The molecule has 7 heteroatoms. The standard InChI is InChI=1S/C17H21N3O3S/c1-13(21)20-10-2-3-15-11-16(4-5-17(15)20)24(22,23)19-9-7-14-6-8-18-12-14/h4-6,8,11-12,18-19H,2-3,7,9-10H2,1H3. The number of benzene rings is 1. The molecule has 0 bridgehead atoms. The molecule has 1 aromatic carbocycles. The molecule has 0 unspecified atom stereocenters. The largest absolute Gasteiger partial charge is 0.367 e. The molecule has 2 aromatic rings. The quantitative estimate of drug-likeness (QED) is 0.866. The number of fused-ring (bicyclic) bond motifs is 1. The van der Waals surface area contributed by atoms with Gasteiger partial charge in [-0.3, -0.25) is 4.79 Å². The maximum absolute atomic E-state index is 12.5. The summed E-state index contributed by atoms with van der Waals surface area (Å²) in [7, 11) is -3.55. The average molecular weight is 347 g/mol. The summed E-state index contributed by atoms with van der Waals surface area (Å²) in [6, 6.07) is 6.90. The number of aryl methyl sites for hydroxylation is 1. The number of carbonyl (C=O) groups excluding carboxylic acids is 1. The van der Waals surface area contributed by atoms with E-state index in [9.17, 15) is 13.2 Å². The minimum absolute atomic E-state index is 0.0174. The summed E-state index contributed by atoms with van der Waals surface area (Å²) >= 11 is 0. The second-order valence-electron chi connectivity index (χ2n) is 5.93. The van der Waals surface area contributed by atoms with Gasteiger partial charge in [0.25, 0.3) is 0 Å². The highest BCUT2D eigenvalue weighted by molar-refractivity contribution is 7.89. The Hall–Kier alpha value is -2.12. The smallest absolute Gasteiger partial charge is 0.240 e. The van der Waals surface area contributed by atoms with Gasteiger partial charge in [-0.2, -0.15) is 0 Å². The third-order valence-electron chi connectivity index (χ3n) is 4.23. The van der Waals surface area contributed by atoms with Gasteiger partial charge >= 0.3 is 0 Å². The van der Waals surface area contributed by atoms with E-state index in [1.165, 1.54) is 6.92 Å². The number of anilines is 1. The zero-order valence-corrected chi connectivity index (χ0v) is 14.4. The van der Waals surface area contributed by atoms with Gasteiger partial charge in [-0.15, -0.1) is 0 Å². The number of hydrogen-bond donors (Lipinski definition) is 2. The molecule has 0 fully saturated rings. The zero-order valence-electron chi connectivity index (χ0n) is 13.6. The maximum atomic E-state index is 12.5. The van der Waals surface area contributed by atoms with E-state index < -0.39 is 10.0 Å². The van der Waals surface area contributed by atoms with Crippen molar-refractivity contribution < 1.29 is 13.2 Å². The maximum Gasteiger partial charge on any atom is 0.240 e. The van der Waals surface area contributed by atoms with E-state index >= 15 is 0 Å². The van der Waals surface area contributed by atoms with Crippen LogP contribution in [0.1, 0.15) is 24.5 Å². The van der Waals surface area contributed by atoms with Crippen LogP contribution in [0.25, 0.3) is 0 Å². The van der Waals surface area contributed by atoms with Crippen LogP contribution in [0, 0.1) is 0 Å². The van der Waals surface area contributed by atoms with Crippen molar-refractivity contribution in [3.05, 3.63) is 47.8 Å². The molecule has 6 nitrogen and oxygen atoms in total. The average Bonchev–Trinajstić information content (AvgIpc) is 3.06. The van der Waals surface area contributed by atoms with Crippen LogP contribution < -0.4 is 9.62 Å². The van der Waals surface area contributed by atoms with Crippen molar-refractivity contribution in [2.45, 2.75) is 31.1 Å². The van der Waals surface area contributed by atoms with Crippen LogP contribution in [0.2, 0.25) is 0 Å². The first-order chi connectivity index (χ1) is 11.5. The molecule has 24 heavy (non-hydrogen) atoms. The molecule has 0 saturated heterocycles. The van der Waals surface area contributed by atoms with E-state index in [2.05, 4.69) is 9.71 Å². The monoisotopic (exact) mass is 347 g/mol. The molecule has 0 saturated carbocycles. The summed E-state index contributed by atoms with van der Waals surface area (Å²) in [4.78, 5) is 16.6. The molecule has 2 N–H and O–H groups in total. The van der Waals surface area contributed by atoms with Crippen molar-refractivity contribution in [3.8, 4) is 0 Å². The molecule has 0 aliphatic carbocycles. The van der Waals surface area contributed by atoms with E-state index in [1.807, 2.05) is 18.5 Å². The number of sulfonamides is 1. The van der Waals surface area contributed by atoms with Crippen LogP contribution in [0.15, 0.2) is 41.6 Å². The predicted molar refractivity (Wildman–Crippen MR) is 92.5 cm³/mol. The van der Waals surface area contributed by atoms with Gasteiger partial charge in [0.2, 0.25) is 15.9 Å². The number of H-pyrrole nitrogens is 1. The lowest BCUT2D eigenvalue weighted by molar-refractivity contribution is -0.116. The fraction of sp³-hybridized carbons (Fsp3) is 0.353. The van der Waals surface area contributed by atoms with E-state index in [0.717, 1.165) is 29.7 Å². The van der Waals surface area contributed by atoms with Crippen LogP contribution in [-0.2, 0) is 27.7 Å². The fourth-order valence-electron chi connectivity index (χ4n) is 2.99. The Kier molecular flexibility index (Phi) is 4.73. The number of amides is 1. The summed E-state index contributed by atoms with van der Waals surface area (Å²) in [6.07, 6.45) is 5.92. The Bertz CT molecular complexity index is 829. The second-order valence-corrected chi connectivity index (χ2v) is 7.70. The number of hydrogen-bond acceptors (Lipinski definition) is 3. The number of nitrogens with zero attached hydrogens (tertiary/aromatic N) is 1. The van der Waals surface area contributed by atoms with E-state index in [4.69, 9.17) is 0 Å². The number of nitrogens with one attached hydrogen (secondary N) is 2. The molecule has 1 aromatic heterocycles. The SMILES string of the molecule is CC(=O)N1CCCc2cc(S(=O)(=O)NCCc3cc[nH]c3)ccc21. The Morgan fingerprint density at radius 1 is 1.33 bits per heavy atom. The molecule has 2 heterocycles. The van der Waals surface area contributed by atoms with Crippen LogP contribution in [0.5, 0.6) is 0 Å². The molecular weight excluding hydrogens is 326 g/mol.